The molecule has 0 aromatic heterocycles. The highest BCUT2D eigenvalue weighted by Gasteiger charge is 2.20. The lowest BCUT2D eigenvalue weighted by molar-refractivity contribution is -0.128. The normalized spacial score (nSPS) is 19.2. The van der Waals surface area contributed by atoms with Crippen molar-refractivity contribution >= 4 is 11.8 Å². The number of rotatable bonds is 6. The van der Waals surface area contributed by atoms with Gasteiger partial charge >= 0.3 is 0 Å². The molecule has 0 aliphatic carbocycles. The van der Waals surface area contributed by atoms with E-state index >= 15 is 0 Å². The van der Waals surface area contributed by atoms with E-state index in [4.69, 9.17) is 0 Å². The lowest BCUT2D eigenvalue weighted by atomic mass is 9.96. The molecule has 1 unspecified atom stereocenters. The smallest absolute Gasteiger partial charge is 0.225 e. The molecule has 0 saturated carbocycles. The first-order valence-corrected chi connectivity index (χ1v) is 7.15. The standard InChI is InChI=1S/C14H27N3O2/c1-14(2,3)13(19)17-9-6-12(18)16-8-5-11-4-7-15-10-11/h11,15H,4-10H2,1-3H3,(H,16,18)(H,17,19). The second-order valence-corrected chi connectivity index (χ2v) is 6.25. The summed E-state index contributed by atoms with van der Waals surface area (Å²) in [7, 11) is 0. The summed E-state index contributed by atoms with van der Waals surface area (Å²) < 4.78 is 0. The average Bonchev–Trinajstić information content (AvgIpc) is 2.80. The van der Waals surface area contributed by atoms with Crippen LogP contribution in [0.2, 0.25) is 0 Å². The summed E-state index contributed by atoms with van der Waals surface area (Å²) in [6, 6.07) is 0. The zero-order valence-electron chi connectivity index (χ0n) is 12.3. The summed E-state index contributed by atoms with van der Waals surface area (Å²) in [4.78, 5) is 23.2. The number of carbonyl (C=O) groups excluding carboxylic acids is 2. The van der Waals surface area contributed by atoms with Crippen LogP contribution in [0.5, 0.6) is 0 Å². The van der Waals surface area contributed by atoms with Crippen molar-refractivity contribution in [2.24, 2.45) is 11.3 Å². The van der Waals surface area contributed by atoms with Crippen LogP contribution in [0.4, 0.5) is 0 Å². The van der Waals surface area contributed by atoms with Gasteiger partial charge in [0.25, 0.3) is 0 Å². The van der Waals surface area contributed by atoms with E-state index in [1.165, 1.54) is 6.42 Å². The summed E-state index contributed by atoms with van der Waals surface area (Å²) in [5.41, 5.74) is -0.397. The molecule has 1 aliphatic heterocycles. The highest BCUT2D eigenvalue weighted by molar-refractivity contribution is 5.82. The Bertz CT molecular complexity index is 304. The minimum Gasteiger partial charge on any atom is -0.356 e. The molecule has 0 aromatic carbocycles. The van der Waals surface area contributed by atoms with E-state index in [9.17, 15) is 9.59 Å². The Hall–Kier alpha value is -1.10. The molecule has 1 fully saturated rings. The maximum Gasteiger partial charge on any atom is 0.225 e. The van der Waals surface area contributed by atoms with Crippen LogP contribution in [0, 0.1) is 11.3 Å². The monoisotopic (exact) mass is 269 g/mol. The van der Waals surface area contributed by atoms with Gasteiger partial charge in [0.05, 0.1) is 0 Å². The Labute approximate surface area is 115 Å². The highest BCUT2D eigenvalue weighted by Crippen LogP contribution is 2.12. The van der Waals surface area contributed by atoms with Crippen LogP contribution < -0.4 is 16.0 Å². The molecule has 0 radical (unpaired) electrons. The molecule has 1 heterocycles. The predicted octanol–water partition coefficient (Wildman–Crippen LogP) is 0.655. The lowest BCUT2D eigenvalue weighted by Crippen LogP contribution is -2.37. The molecular formula is C14H27N3O2. The van der Waals surface area contributed by atoms with Gasteiger partial charge in [-0.25, -0.2) is 0 Å². The molecule has 2 amide bonds. The summed E-state index contributed by atoms with van der Waals surface area (Å²) in [5, 5.41) is 8.99. The molecule has 1 atom stereocenters. The molecule has 19 heavy (non-hydrogen) atoms. The zero-order chi connectivity index (χ0) is 14.3. The Morgan fingerprint density at radius 1 is 1.21 bits per heavy atom. The van der Waals surface area contributed by atoms with Crippen LogP contribution in [0.1, 0.15) is 40.0 Å². The second-order valence-electron chi connectivity index (χ2n) is 6.25. The van der Waals surface area contributed by atoms with Gasteiger partial charge in [-0.2, -0.15) is 0 Å². The highest BCUT2D eigenvalue weighted by atomic mass is 16.2. The van der Waals surface area contributed by atoms with Gasteiger partial charge in [0, 0.05) is 24.9 Å². The number of hydrogen-bond acceptors (Lipinski definition) is 3. The Morgan fingerprint density at radius 3 is 2.53 bits per heavy atom. The van der Waals surface area contributed by atoms with E-state index in [1.807, 2.05) is 20.8 Å². The summed E-state index contributed by atoms with van der Waals surface area (Å²) in [6.07, 6.45) is 2.59. The van der Waals surface area contributed by atoms with Crippen molar-refractivity contribution < 1.29 is 9.59 Å². The van der Waals surface area contributed by atoms with E-state index in [1.54, 1.807) is 0 Å². The lowest BCUT2D eigenvalue weighted by Gasteiger charge is -2.17. The fourth-order valence-corrected chi connectivity index (χ4v) is 2.02. The maximum atomic E-state index is 11.6. The van der Waals surface area contributed by atoms with Gasteiger partial charge in [0.15, 0.2) is 0 Å². The zero-order valence-corrected chi connectivity index (χ0v) is 12.3. The summed E-state index contributed by atoms with van der Waals surface area (Å²) in [6.45, 7) is 8.88. The van der Waals surface area contributed by atoms with Gasteiger partial charge in [-0.3, -0.25) is 9.59 Å². The second kappa shape index (κ2) is 7.48. The minimum atomic E-state index is -0.397. The van der Waals surface area contributed by atoms with Crippen molar-refractivity contribution in [3.05, 3.63) is 0 Å². The van der Waals surface area contributed by atoms with Crippen molar-refractivity contribution in [2.75, 3.05) is 26.2 Å². The van der Waals surface area contributed by atoms with Crippen LogP contribution in [0.25, 0.3) is 0 Å². The Kier molecular flexibility index (Phi) is 6.28. The number of hydrogen-bond donors (Lipinski definition) is 3. The molecular weight excluding hydrogens is 242 g/mol. The van der Waals surface area contributed by atoms with Crippen molar-refractivity contribution in [2.45, 2.75) is 40.0 Å². The van der Waals surface area contributed by atoms with Crippen LogP contribution in [-0.4, -0.2) is 38.0 Å². The maximum absolute atomic E-state index is 11.6. The van der Waals surface area contributed by atoms with Gasteiger partial charge in [-0.1, -0.05) is 20.8 Å². The molecule has 1 saturated heterocycles. The fraction of sp³-hybridized carbons (Fsp3) is 0.857. The third-order valence-electron chi connectivity index (χ3n) is 3.36. The molecule has 3 N–H and O–H groups in total. The molecule has 5 nitrogen and oxygen atoms in total. The fourth-order valence-electron chi connectivity index (χ4n) is 2.02. The molecule has 1 aliphatic rings. The summed E-state index contributed by atoms with van der Waals surface area (Å²) in [5.74, 6) is 0.693. The SMILES string of the molecule is CC(C)(C)C(=O)NCCC(=O)NCCC1CCNC1. The third-order valence-corrected chi connectivity index (χ3v) is 3.36. The van der Waals surface area contributed by atoms with Gasteiger partial charge < -0.3 is 16.0 Å². The third kappa shape index (κ3) is 6.57. The van der Waals surface area contributed by atoms with E-state index in [0.29, 0.717) is 18.9 Å². The van der Waals surface area contributed by atoms with Gasteiger partial charge in [-0.05, 0) is 31.8 Å². The first kappa shape index (κ1) is 16.0. The van der Waals surface area contributed by atoms with Gasteiger partial charge in [0.2, 0.25) is 11.8 Å². The predicted molar refractivity (Wildman–Crippen MR) is 75.7 cm³/mol. The number of nitrogens with one attached hydrogen (secondary N) is 3. The molecule has 0 spiro atoms. The van der Waals surface area contributed by atoms with E-state index in [-0.39, 0.29) is 11.8 Å². The van der Waals surface area contributed by atoms with Crippen molar-refractivity contribution in [1.82, 2.24) is 16.0 Å². The minimum absolute atomic E-state index is 0.0140. The largest absolute Gasteiger partial charge is 0.356 e. The van der Waals surface area contributed by atoms with Gasteiger partial charge in [-0.15, -0.1) is 0 Å². The molecule has 5 heteroatoms. The van der Waals surface area contributed by atoms with Crippen molar-refractivity contribution in [1.29, 1.82) is 0 Å². The first-order valence-electron chi connectivity index (χ1n) is 7.15. The quantitative estimate of drug-likeness (QED) is 0.663. The average molecular weight is 269 g/mol. The van der Waals surface area contributed by atoms with Gasteiger partial charge in [0.1, 0.15) is 0 Å². The topological polar surface area (TPSA) is 70.2 Å². The molecule has 1 rings (SSSR count). The number of amides is 2. The molecule has 0 aromatic rings. The number of carbonyl (C=O) groups is 2. The van der Waals surface area contributed by atoms with E-state index < -0.39 is 5.41 Å². The first-order chi connectivity index (χ1) is 8.89. The Morgan fingerprint density at radius 2 is 1.95 bits per heavy atom. The van der Waals surface area contributed by atoms with E-state index in [2.05, 4.69) is 16.0 Å². The molecule has 0 bridgehead atoms. The Balaban J connectivity index is 2.03. The van der Waals surface area contributed by atoms with Crippen LogP contribution >= 0.6 is 0 Å². The molecule has 110 valence electrons. The van der Waals surface area contributed by atoms with Crippen molar-refractivity contribution in [3.63, 3.8) is 0 Å². The van der Waals surface area contributed by atoms with E-state index in [0.717, 1.165) is 26.1 Å². The summed E-state index contributed by atoms with van der Waals surface area (Å²) >= 11 is 0. The van der Waals surface area contributed by atoms with Crippen LogP contribution in [-0.2, 0) is 9.59 Å². The van der Waals surface area contributed by atoms with Crippen molar-refractivity contribution in [3.8, 4) is 0 Å². The van der Waals surface area contributed by atoms with Crippen LogP contribution in [0.3, 0.4) is 0 Å². The van der Waals surface area contributed by atoms with Crippen LogP contribution in [0.15, 0.2) is 0 Å².